The number of nitrogens with zero attached hydrogens (tertiary/aromatic N) is 3. The number of anilines is 1. The summed E-state index contributed by atoms with van der Waals surface area (Å²) in [7, 11) is -4.85. The fraction of sp³-hybridized carbons (Fsp3) is 0.571. The van der Waals surface area contributed by atoms with Gasteiger partial charge in [0.05, 0.1) is 6.04 Å². The van der Waals surface area contributed by atoms with Crippen molar-refractivity contribution in [3.8, 4) is 0 Å². The minimum atomic E-state index is -4.85. The number of rotatable bonds is 4. The van der Waals surface area contributed by atoms with E-state index in [-0.39, 0.29) is 12.6 Å². The third kappa shape index (κ3) is 5.26. The summed E-state index contributed by atoms with van der Waals surface area (Å²) in [6.45, 7) is 6.48. The molecule has 13 heteroatoms. The van der Waals surface area contributed by atoms with E-state index in [1.165, 1.54) is 4.90 Å². The van der Waals surface area contributed by atoms with Gasteiger partial charge in [0.1, 0.15) is 11.6 Å². The fourth-order valence-electron chi connectivity index (χ4n) is 4.44. The van der Waals surface area contributed by atoms with Crippen molar-refractivity contribution < 1.29 is 36.4 Å². The Morgan fingerprint density at radius 3 is 2.59 bits per heavy atom. The summed E-state index contributed by atoms with van der Waals surface area (Å²) in [4.78, 5) is 40.7. The second-order valence-electron chi connectivity index (χ2n) is 9.63. The largest absolute Gasteiger partial charge is 0.444 e. The molecule has 186 valence electrons. The van der Waals surface area contributed by atoms with E-state index in [1.807, 2.05) is 32.9 Å². The van der Waals surface area contributed by atoms with Crippen molar-refractivity contribution in [1.82, 2.24) is 14.9 Å². The first kappa shape index (κ1) is 24.2. The van der Waals surface area contributed by atoms with Crippen LogP contribution < -0.4 is 5.32 Å². The van der Waals surface area contributed by atoms with Crippen LogP contribution in [0.4, 0.5) is 15.3 Å². The average Bonchev–Trinajstić information content (AvgIpc) is 2.95. The molecule has 3 aliphatic heterocycles. The van der Waals surface area contributed by atoms with E-state index in [9.17, 15) is 22.8 Å². The highest BCUT2D eigenvalue weighted by molar-refractivity contribution is 7.80. The molecule has 1 aromatic carbocycles. The predicted octanol–water partition coefficient (Wildman–Crippen LogP) is 1.92. The molecule has 2 atom stereocenters. The Kier molecular flexibility index (Phi) is 6.21. The normalized spacial score (nSPS) is 22.5. The number of hydrogen-bond acceptors (Lipinski definition) is 7. The van der Waals surface area contributed by atoms with E-state index in [2.05, 4.69) is 9.60 Å². The maximum Gasteiger partial charge on any atom is 0.418 e. The summed E-state index contributed by atoms with van der Waals surface area (Å²) in [6, 6.07) is 3.30. The van der Waals surface area contributed by atoms with Crippen LogP contribution in [0.5, 0.6) is 0 Å². The van der Waals surface area contributed by atoms with Crippen molar-refractivity contribution in [2.45, 2.75) is 64.3 Å². The lowest BCUT2D eigenvalue weighted by Gasteiger charge is -2.31. The van der Waals surface area contributed by atoms with Crippen LogP contribution in [0, 0.1) is 0 Å². The zero-order chi connectivity index (χ0) is 24.8. The van der Waals surface area contributed by atoms with Crippen LogP contribution in [0.1, 0.15) is 44.7 Å². The van der Waals surface area contributed by atoms with E-state index in [1.54, 1.807) is 11.0 Å². The highest BCUT2D eigenvalue weighted by Gasteiger charge is 2.49. The van der Waals surface area contributed by atoms with Gasteiger partial charge in [-0.3, -0.25) is 9.35 Å². The quantitative estimate of drug-likeness (QED) is 0.601. The van der Waals surface area contributed by atoms with Crippen LogP contribution >= 0.6 is 0 Å². The minimum Gasteiger partial charge on any atom is -0.444 e. The summed E-state index contributed by atoms with van der Waals surface area (Å²) < 4.78 is 40.8. The number of carbonyl (C=O) groups excluding carboxylic acids is 3. The van der Waals surface area contributed by atoms with Gasteiger partial charge in [-0.05, 0) is 63.3 Å². The van der Waals surface area contributed by atoms with Crippen LogP contribution in [0.2, 0.25) is 0 Å². The van der Waals surface area contributed by atoms with Crippen LogP contribution in [0.25, 0.3) is 0 Å². The summed E-state index contributed by atoms with van der Waals surface area (Å²) >= 11 is 0. The van der Waals surface area contributed by atoms with E-state index >= 15 is 0 Å². The van der Waals surface area contributed by atoms with Gasteiger partial charge in [0, 0.05) is 25.3 Å². The van der Waals surface area contributed by atoms with Gasteiger partial charge in [-0.25, -0.2) is 9.59 Å². The Morgan fingerprint density at radius 2 is 1.91 bits per heavy atom. The third-order valence-corrected chi connectivity index (χ3v) is 6.29. The summed E-state index contributed by atoms with van der Waals surface area (Å²) in [5.41, 5.74) is 1.96. The van der Waals surface area contributed by atoms with Gasteiger partial charge >= 0.3 is 22.5 Å². The number of nitrogens with one attached hydrogen (secondary N) is 1. The molecule has 3 aliphatic rings. The van der Waals surface area contributed by atoms with Crippen molar-refractivity contribution in [1.29, 1.82) is 0 Å². The number of benzene rings is 1. The molecule has 0 spiro atoms. The molecular formula is C21H28N4O8S. The van der Waals surface area contributed by atoms with Crippen molar-refractivity contribution in [3.63, 3.8) is 0 Å². The maximum atomic E-state index is 12.9. The first-order chi connectivity index (χ1) is 15.8. The molecule has 0 aliphatic carbocycles. The van der Waals surface area contributed by atoms with Crippen molar-refractivity contribution in [3.05, 3.63) is 29.3 Å². The van der Waals surface area contributed by atoms with Crippen molar-refractivity contribution >= 4 is 34.1 Å². The number of carbonyl (C=O) groups is 3. The van der Waals surface area contributed by atoms with Crippen LogP contribution in [-0.4, -0.2) is 76.6 Å². The molecule has 12 nitrogen and oxygen atoms in total. The summed E-state index contributed by atoms with van der Waals surface area (Å²) in [5.74, 6) is -0.397. The lowest BCUT2D eigenvalue weighted by molar-refractivity contribution is -0.120. The van der Waals surface area contributed by atoms with Crippen molar-refractivity contribution in [2.75, 3.05) is 18.4 Å². The third-order valence-electron chi connectivity index (χ3n) is 5.94. The molecule has 4 amide bonds. The first-order valence-electron chi connectivity index (χ1n) is 11.0. The summed E-state index contributed by atoms with van der Waals surface area (Å²) in [5, 5.41) is 3.44. The van der Waals surface area contributed by atoms with Gasteiger partial charge in [-0.2, -0.15) is 13.5 Å². The predicted molar refractivity (Wildman–Crippen MR) is 119 cm³/mol. The maximum absolute atomic E-state index is 12.9. The molecule has 0 saturated carbocycles. The number of amides is 4. The van der Waals surface area contributed by atoms with Gasteiger partial charge in [0.15, 0.2) is 0 Å². The number of piperidine rings is 1. The minimum absolute atomic E-state index is 0.122. The second kappa shape index (κ2) is 8.71. The number of fused-ring (bicyclic) bond motifs is 3. The van der Waals surface area contributed by atoms with E-state index in [0.29, 0.717) is 43.1 Å². The lowest BCUT2D eigenvalue weighted by atomic mass is 9.98. The summed E-state index contributed by atoms with van der Waals surface area (Å²) in [6.07, 6.45) is 0.910. The molecule has 34 heavy (non-hydrogen) atoms. The van der Waals surface area contributed by atoms with Crippen LogP contribution in [-0.2, 0) is 37.2 Å². The Labute approximate surface area is 197 Å². The Morgan fingerprint density at radius 1 is 1.18 bits per heavy atom. The molecule has 2 fully saturated rings. The standard InChI is InChI=1S/C21H28N4O8S/c1-21(2,3)32-20(28)23-9-8-13-10-15(5-4-14(13)11-23)22-18(26)17-7-6-16-12-24(17)19(27)25(16)33-34(29,30)31/h4-5,10,16-17H,6-9,11-12H2,1-3H3,(H,22,26)(H,29,30,31)/t16-,17+/m1/s1. The molecule has 0 radical (unpaired) electrons. The van der Waals surface area contributed by atoms with Gasteiger partial charge in [-0.15, -0.1) is 4.28 Å². The highest BCUT2D eigenvalue weighted by atomic mass is 32.3. The fourth-order valence-corrected chi connectivity index (χ4v) is 4.83. The Hall–Kier alpha value is -2.90. The van der Waals surface area contributed by atoms with Gasteiger partial charge in [0.2, 0.25) is 5.91 Å². The monoisotopic (exact) mass is 496 g/mol. The second-order valence-corrected chi connectivity index (χ2v) is 10.6. The molecule has 0 unspecified atom stereocenters. The number of hydrogen-bond donors (Lipinski definition) is 2. The molecular weight excluding hydrogens is 468 g/mol. The molecule has 1 aromatic rings. The van der Waals surface area contributed by atoms with Crippen molar-refractivity contribution in [2.24, 2.45) is 0 Å². The number of ether oxygens (including phenoxy) is 1. The number of urea groups is 1. The van der Waals surface area contributed by atoms with E-state index in [4.69, 9.17) is 9.29 Å². The molecule has 2 saturated heterocycles. The van der Waals surface area contributed by atoms with Crippen LogP contribution in [0.3, 0.4) is 0 Å². The SMILES string of the molecule is CC(C)(C)OC(=O)N1CCc2cc(NC(=O)[C@@H]3CC[C@@H]4CN3C(=O)N4OS(=O)(=O)O)ccc2C1. The Balaban J connectivity index is 1.40. The lowest BCUT2D eigenvalue weighted by Crippen LogP contribution is -2.47. The van der Waals surface area contributed by atoms with Gasteiger partial charge in [0.25, 0.3) is 0 Å². The Bertz CT molecular complexity index is 1120. The molecule has 2 N–H and O–H groups in total. The van der Waals surface area contributed by atoms with Crippen LogP contribution in [0.15, 0.2) is 18.2 Å². The number of hydroxylamine groups is 2. The zero-order valence-electron chi connectivity index (χ0n) is 19.2. The molecule has 0 aromatic heterocycles. The van der Waals surface area contributed by atoms with Gasteiger partial charge < -0.3 is 19.9 Å². The van der Waals surface area contributed by atoms with E-state index in [0.717, 1.165) is 11.1 Å². The smallest absolute Gasteiger partial charge is 0.418 e. The topological polar surface area (TPSA) is 146 Å². The van der Waals surface area contributed by atoms with E-state index < -0.39 is 40.0 Å². The highest BCUT2D eigenvalue weighted by Crippen LogP contribution is 2.31. The average molecular weight is 497 g/mol. The molecule has 2 bridgehead atoms. The van der Waals surface area contributed by atoms with Gasteiger partial charge in [-0.1, -0.05) is 6.07 Å². The zero-order valence-corrected chi connectivity index (χ0v) is 20.0. The molecule has 3 heterocycles. The molecule has 4 rings (SSSR count). The first-order valence-corrected chi connectivity index (χ1v) is 12.3.